The van der Waals surface area contributed by atoms with Crippen molar-refractivity contribution < 1.29 is 4.74 Å². The molecule has 22 heavy (non-hydrogen) atoms. The van der Waals surface area contributed by atoms with Crippen LogP contribution in [-0.4, -0.2) is 32.6 Å². The number of anilines is 2. The number of ether oxygens (including phenoxy) is 1. The van der Waals surface area contributed by atoms with Crippen molar-refractivity contribution in [3.05, 3.63) is 34.0 Å². The molecule has 8 heteroatoms. The normalized spacial score (nSPS) is 10.7. The number of rotatable bonds is 6. The van der Waals surface area contributed by atoms with Crippen molar-refractivity contribution >= 4 is 11.8 Å². The summed E-state index contributed by atoms with van der Waals surface area (Å²) in [4.78, 5) is 26.4. The number of aryl methyl sites for hydroxylation is 1. The van der Waals surface area contributed by atoms with E-state index in [0.717, 1.165) is 0 Å². The number of hydrogen-bond acceptors (Lipinski definition) is 7. The Kier molecular flexibility index (Phi) is 4.92. The smallest absolute Gasteiger partial charge is 0.251 e. The van der Waals surface area contributed by atoms with Crippen LogP contribution in [0.1, 0.15) is 25.4 Å². The highest BCUT2D eigenvalue weighted by atomic mass is 16.5. The van der Waals surface area contributed by atoms with Crippen molar-refractivity contribution in [1.29, 1.82) is 0 Å². The Hall–Kier alpha value is -2.64. The van der Waals surface area contributed by atoms with E-state index >= 15 is 0 Å². The second-order valence-electron chi connectivity index (χ2n) is 5.13. The molecule has 2 aromatic heterocycles. The average Bonchev–Trinajstić information content (AvgIpc) is 2.35. The van der Waals surface area contributed by atoms with E-state index in [9.17, 15) is 4.79 Å². The number of hydrogen-bond donors (Lipinski definition) is 3. The van der Waals surface area contributed by atoms with Crippen LogP contribution in [0.15, 0.2) is 16.9 Å². The maximum Gasteiger partial charge on any atom is 0.251 e. The van der Waals surface area contributed by atoms with Crippen LogP contribution in [-0.2, 0) is 6.42 Å². The lowest BCUT2D eigenvalue weighted by Gasteiger charge is -2.11. The quantitative estimate of drug-likeness (QED) is 0.725. The summed E-state index contributed by atoms with van der Waals surface area (Å²) >= 11 is 0. The minimum Gasteiger partial charge on any atom is -0.475 e. The first-order chi connectivity index (χ1) is 10.4. The molecule has 0 saturated carbocycles. The summed E-state index contributed by atoms with van der Waals surface area (Å²) in [5.74, 6) is 1.76. The number of nitrogen functional groups attached to an aromatic ring is 1. The number of nitrogens with two attached hydrogens (primary N) is 1. The van der Waals surface area contributed by atoms with Gasteiger partial charge in [0.05, 0.1) is 6.10 Å². The molecule has 0 saturated heterocycles. The number of aromatic amines is 1. The van der Waals surface area contributed by atoms with Crippen LogP contribution in [0.3, 0.4) is 0 Å². The minimum absolute atomic E-state index is 0.00344. The van der Waals surface area contributed by atoms with Gasteiger partial charge in [0, 0.05) is 30.8 Å². The van der Waals surface area contributed by atoms with Crippen LogP contribution < -0.4 is 21.3 Å². The predicted molar refractivity (Wildman–Crippen MR) is 84.0 cm³/mol. The second kappa shape index (κ2) is 6.88. The zero-order valence-electron chi connectivity index (χ0n) is 12.9. The Morgan fingerprint density at radius 2 is 2.09 bits per heavy atom. The van der Waals surface area contributed by atoms with Crippen molar-refractivity contribution in [3.63, 3.8) is 0 Å². The third kappa shape index (κ3) is 4.72. The summed E-state index contributed by atoms with van der Waals surface area (Å²) in [6.07, 6.45) is 0.560. The van der Waals surface area contributed by atoms with Gasteiger partial charge in [-0.05, 0) is 20.8 Å². The summed E-state index contributed by atoms with van der Waals surface area (Å²) in [7, 11) is 0. The highest BCUT2D eigenvalue weighted by molar-refractivity contribution is 5.42. The topological polar surface area (TPSA) is 119 Å². The molecule has 8 nitrogen and oxygen atoms in total. The molecule has 0 bridgehead atoms. The van der Waals surface area contributed by atoms with E-state index in [-0.39, 0.29) is 17.6 Å². The van der Waals surface area contributed by atoms with Gasteiger partial charge in [-0.1, -0.05) is 0 Å². The first-order valence-corrected chi connectivity index (χ1v) is 7.04. The van der Waals surface area contributed by atoms with Crippen molar-refractivity contribution in [3.8, 4) is 5.88 Å². The number of nitrogens with zero attached hydrogens (tertiary/aromatic N) is 3. The molecule has 0 aliphatic carbocycles. The Morgan fingerprint density at radius 3 is 2.77 bits per heavy atom. The maximum absolute atomic E-state index is 11.4. The van der Waals surface area contributed by atoms with E-state index in [1.807, 2.05) is 13.8 Å². The van der Waals surface area contributed by atoms with E-state index in [4.69, 9.17) is 10.5 Å². The standard InChI is InChI=1S/C14H20N6O2/c1-8(2)22-13-7-11(19-14(15)20-13)16-5-4-10-17-9(3)6-12(21)18-10/h6-8H,4-5H2,1-3H3,(H,17,18,21)(H3,15,16,19,20). The molecule has 0 spiro atoms. The van der Waals surface area contributed by atoms with Crippen molar-refractivity contribution in [2.24, 2.45) is 0 Å². The lowest BCUT2D eigenvalue weighted by Crippen LogP contribution is -2.15. The van der Waals surface area contributed by atoms with Crippen molar-refractivity contribution in [1.82, 2.24) is 19.9 Å². The summed E-state index contributed by atoms with van der Waals surface area (Å²) < 4.78 is 5.50. The van der Waals surface area contributed by atoms with Gasteiger partial charge in [0.2, 0.25) is 11.8 Å². The van der Waals surface area contributed by atoms with Crippen LogP contribution in [0.25, 0.3) is 0 Å². The van der Waals surface area contributed by atoms with E-state index in [1.165, 1.54) is 6.07 Å². The fourth-order valence-electron chi connectivity index (χ4n) is 1.90. The first kappa shape index (κ1) is 15.7. The van der Waals surface area contributed by atoms with Crippen molar-refractivity contribution in [2.45, 2.75) is 33.3 Å². The number of aromatic nitrogens is 4. The van der Waals surface area contributed by atoms with E-state index in [1.54, 1.807) is 13.0 Å². The fourth-order valence-corrected chi connectivity index (χ4v) is 1.90. The maximum atomic E-state index is 11.4. The third-order valence-corrected chi connectivity index (χ3v) is 2.66. The monoisotopic (exact) mass is 304 g/mol. The summed E-state index contributed by atoms with van der Waals surface area (Å²) in [6.45, 7) is 6.15. The second-order valence-corrected chi connectivity index (χ2v) is 5.13. The molecule has 2 aromatic rings. The lowest BCUT2D eigenvalue weighted by molar-refractivity contribution is 0.233. The molecule has 0 aliphatic heterocycles. The van der Waals surface area contributed by atoms with Crippen LogP contribution in [0, 0.1) is 6.92 Å². The highest BCUT2D eigenvalue weighted by Crippen LogP contribution is 2.15. The molecular weight excluding hydrogens is 284 g/mol. The molecule has 0 amide bonds. The van der Waals surface area contributed by atoms with Gasteiger partial charge >= 0.3 is 0 Å². The van der Waals surface area contributed by atoms with E-state index in [0.29, 0.717) is 36.2 Å². The molecular formula is C14H20N6O2. The molecule has 0 aliphatic rings. The summed E-state index contributed by atoms with van der Waals surface area (Å²) in [5, 5.41) is 3.11. The summed E-state index contributed by atoms with van der Waals surface area (Å²) in [6, 6.07) is 3.14. The molecule has 0 unspecified atom stereocenters. The lowest BCUT2D eigenvalue weighted by atomic mass is 10.3. The fraction of sp³-hybridized carbons (Fsp3) is 0.429. The number of H-pyrrole nitrogens is 1. The van der Waals surface area contributed by atoms with Gasteiger partial charge < -0.3 is 20.8 Å². The molecule has 0 atom stereocenters. The molecule has 2 rings (SSSR count). The van der Waals surface area contributed by atoms with Gasteiger partial charge in [0.15, 0.2) is 0 Å². The molecule has 118 valence electrons. The van der Waals surface area contributed by atoms with Gasteiger partial charge in [-0.25, -0.2) is 4.98 Å². The van der Waals surface area contributed by atoms with Gasteiger partial charge in [-0.3, -0.25) is 4.79 Å². The molecule has 2 heterocycles. The van der Waals surface area contributed by atoms with Gasteiger partial charge in [-0.15, -0.1) is 0 Å². The van der Waals surface area contributed by atoms with E-state index in [2.05, 4.69) is 25.3 Å². The highest BCUT2D eigenvalue weighted by Gasteiger charge is 2.05. The third-order valence-electron chi connectivity index (χ3n) is 2.66. The van der Waals surface area contributed by atoms with Gasteiger partial charge in [0.25, 0.3) is 5.56 Å². The Labute approximate surface area is 128 Å². The molecule has 0 fully saturated rings. The minimum atomic E-state index is -0.151. The SMILES string of the molecule is Cc1cc(=O)[nH]c(CCNc2cc(OC(C)C)nc(N)n2)n1. The average molecular weight is 304 g/mol. The van der Waals surface area contributed by atoms with Crippen LogP contribution >= 0.6 is 0 Å². The van der Waals surface area contributed by atoms with Crippen LogP contribution in [0.4, 0.5) is 11.8 Å². The Bertz CT molecular complexity index is 698. The summed E-state index contributed by atoms with van der Waals surface area (Å²) in [5.41, 5.74) is 6.20. The predicted octanol–water partition coefficient (Wildman–Crippen LogP) is 0.892. The Morgan fingerprint density at radius 1 is 1.32 bits per heavy atom. The zero-order valence-corrected chi connectivity index (χ0v) is 12.9. The van der Waals surface area contributed by atoms with Gasteiger partial charge in [-0.2, -0.15) is 9.97 Å². The number of nitrogens with one attached hydrogen (secondary N) is 2. The van der Waals surface area contributed by atoms with Crippen LogP contribution in [0.2, 0.25) is 0 Å². The van der Waals surface area contributed by atoms with Crippen LogP contribution in [0.5, 0.6) is 5.88 Å². The molecule has 0 aromatic carbocycles. The van der Waals surface area contributed by atoms with Crippen molar-refractivity contribution in [2.75, 3.05) is 17.6 Å². The zero-order chi connectivity index (χ0) is 16.1. The molecule has 4 N–H and O–H groups in total. The first-order valence-electron chi connectivity index (χ1n) is 7.04. The Balaban J connectivity index is 1.99. The van der Waals surface area contributed by atoms with E-state index < -0.39 is 0 Å². The molecule has 0 radical (unpaired) electrons. The largest absolute Gasteiger partial charge is 0.475 e. The van der Waals surface area contributed by atoms with Gasteiger partial charge in [0.1, 0.15) is 11.6 Å².